The van der Waals surface area contributed by atoms with Gasteiger partial charge in [0.15, 0.2) is 0 Å². The van der Waals surface area contributed by atoms with Crippen molar-refractivity contribution in [1.29, 1.82) is 0 Å². The molecule has 0 aliphatic carbocycles. The van der Waals surface area contributed by atoms with E-state index in [0.29, 0.717) is 6.42 Å². The highest BCUT2D eigenvalue weighted by molar-refractivity contribution is 7.89. The summed E-state index contributed by atoms with van der Waals surface area (Å²) in [7, 11) is -1.25. The Labute approximate surface area is 103 Å². The molecule has 5 nitrogen and oxygen atoms in total. The molecular weight excluding hydrogens is 240 g/mol. The van der Waals surface area contributed by atoms with Crippen LogP contribution in [0.2, 0.25) is 0 Å². The number of sulfonamides is 1. The third kappa shape index (κ3) is 3.64. The number of rotatable bonds is 7. The van der Waals surface area contributed by atoms with Crippen LogP contribution in [0, 0.1) is 0 Å². The number of hydrogen-bond donors (Lipinski definition) is 2. The molecule has 0 aromatic carbocycles. The van der Waals surface area contributed by atoms with Crippen molar-refractivity contribution in [3.8, 4) is 0 Å². The van der Waals surface area contributed by atoms with E-state index in [4.69, 9.17) is 4.74 Å². The molecule has 17 heavy (non-hydrogen) atoms. The fourth-order valence-corrected chi connectivity index (χ4v) is 4.06. The van der Waals surface area contributed by atoms with E-state index < -0.39 is 10.0 Å². The van der Waals surface area contributed by atoms with Crippen LogP contribution in [0.25, 0.3) is 0 Å². The fourth-order valence-electron chi connectivity index (χ4n) is 2.65. The average molecular weight is 262 g/mol. The first kappa shape index (κ1) is 13.3. The van der Waals surface area contributed by atoms with E-state index in [1.165, 1.54) is 0 Å². The van der Waals surface area contributed by atoms with Crippen LogP contribution < -0.4 is 10.0 Å². The first-order chi connectivity index (χ1) is 8.11. The van der Waals surface area contributed by atoms with E-state index >= 15 is 0 Å². The highest BCUT2D eigenvalue weighted by Gasteiger charge is 2.42. The van der Waals surface area contributed by atoms with E-state index in [0.717, 1.165) is 32.2 Å². The molecule has 3 unspecified atom stereocenters. The fraction of sp³-hybridized carbons (Fsp3) is 1.00. The van der Waals surface area contributed by atoms with Crippen LogP contribution in [0.3, 0.4) is 0 Å². The molecule has 100 valence electrons. The number of nitrogens with one attached hydrogen (secondary N) is 2. The predicted octanol–water partition coefficient (Wildman–Crippen LogP) is 0.225. The second kappa shape index (κ2) is 5.65. The van der Waals surface area contributed by atoms with Crippen molar-refractivity contribution >= 4 is 10.0 Å². The SMILES string of the molecule is CNCCCCS(=O)(=O)NC1CC2CCC1O2. The van der Waals surface area contributed by atoms with Crippen LogP contribution in [-0.4, -0.2) is 46.0 Å². The standard InChI is InChI=1S/C11H22N2O3S/c1-12-6-2-3-7-17(14,15)13-10-8-9-4-5-11(10)16-9/h9-13H,2-8H2,1H3. The molecule has 0 aromatic heterocycles. The van der Waals surface area contributed by atoms with Crippen LogP contribution in [0.5, 0.6) is 0 Å². The maximum atomic E-state index is 11.8. The lowest BCUT2D eigenvalue weighted by atomic mass is 9.96. The van der Waals surface area contributed by atoms with Crippen LogP contribution in [0.4, 0.5) is 0 Å². The Hall–Kier alpha value is -0.170. The van der Waals surface area contributed by atoms with Crippen LogP contribution in [0.1, 0.15) is 32.1 Å². The van der Waals surface area contributed by atoms with Crippen molar-refractivity contribution in [3.63, 3.8) is 0 Å². The number of fused-ring (bicyclic) bond motifs is 2. The van der Waals surface area contributed by atoms with Gasteiger partial charge in [0, 0.05) is 0 Å². The minimum Gasteiger partial charge on any atom is -0.373 e. The van der Waals surface area contributed by atoms with Crippen molar-refractivity contribution in [2.75, 3.05) is 19.3 Å². The summed E-state index contributed by atoms with van der Waals surface area (Å²) < 4.78 is 32.1. The molecule has 0 amide bonds. The highest BCUT2D eigenvalue weighted by atomic mass is 32.2. The Balaban J connectivity index is 1.73. The summed E-state index contributed by atoms with van der Waals surface area (Å²) in [5.74, 6) is 0.225. The van der Waals surface area contributed by atoms with Gasteiger partial charge in [-0.2, -0.15) is 0 Å². The summed E-state index contributed by atoms with van der Waals surface area (Å²) in [5, 5.41) is 3.01. The van der Waals surface area contributed by atoms with Crippen molar-refractivity contribution in [2.45, 2.75) is 50.4 Å². The van der Waals surface area contributed by atoms with E-state index in [2.05, 4.69) is 10.0 Å². The van der Waals surface area contributed by atoms with Gasteiger partial charge in [-0.15, -0.1) is 0 Å². The quantitative estimate of drug-likeness (QED) is 0.644. The maximum absolute atomic E-state index is 11.8. The molecule has 3 atom stereocenters. The maximum Gasteiger partial charge on any atom is 0.211 e. The minimum atomic E-state index is -3.13. The Morgan fingerprint density at radius 2 is 2.12 bits per heavy atom. The van der Waals surface area contributed by atoms with Gasteiger partial charge in [0.2, 0.25) is 10.0 Å². The van der Waals surface area contributed by atoms with Gasteiger partial charge < -0.3 is 10.1 Å². The van der Waals surface area contributed by atoms with E-state index in [1.54, 1.807) is 0 Å². The Morgan fingerprint density at radius 1 is 1.29 bits per heavy atom. The molecule has 0 radical (unpaired) electrons. The molecule has 2 bridgehead atoms. The van der Waals surface area contributed by atoms with E-state index in [-0.39, 0.29) is 24.0 Å². The summed E-state index contributed by atoms with van der Waals surface area (Å²) in [6.45, 7) is 0.868. The first-order valence-electron chi connectivity index (χ1n) is 6.41. The van der Waals surface area contributed by atoms with Crippen LogP contribution in [-0.2, 0) is 14.8 Å². The van der Waals surface area contributed by atoms with Crippen molar-refractivity contribution in [3.05, 3.63) is 0 Å². The van der Waals surface area contributed by atoms with Crippen LogP contribution >= 0.6 is 0 Å². The molecular formula is C11H22N2O3S. The molecule has 2 aliphatic rings. The monoisotopic (exact) mass is 262 g/mol. The molecule has 2 rings (SSSR count). The summed E-state index contributed by atoms with van der Waals surface area (Å²) in [5.41, 5.74) is 0. The Bertz CT molecular complexity index is 345. The second-order valence-electron chi connectivity index (χ2n) is 4.96. The van der Waals surface area contributed by atoms with Gasteiger partial charge in [-0.05, 0) is 45.7 Å². The number of unbranched alkanes of at least 4 members (excludes halogenated alkanes) is 1. The highest BCUT2D eigenvalue weighted by Crippen LogP contribution is 2.34. The zero-order valence-corrected chi connectivity index (χ0v) is 11.1. The lowest BCUT2D eigenvalue weighted by Gasteiger charge is -2.19. The molecule has 2 N–H and O–H groups in total. The third-order valence-corrected chi connectivity index (χ3v) is 5.01. The minimum absolute atomic E-state index is 0.0167. The van der Waals surface area contributed by atoms with E-state index in [1.807, 2.05) is 7.05 Å². The first-order valence-corrected chi connectivity index (χ1v) is 8.06. The number of ether oxygens (including phenoxy) is 1. The molecule has 2 aliphatic heterocycles. The normalized spacial score (nSPS) is 32.2. The van der Waals surface area contributed by atoms with Crippen molar-refractivity contribution in [2.24, 2.45) is 0 Å². The lowest BCUT2D eigenvalue weighted by Crippen LogP contribution is -2.42. The number of hydrogen-bond acceptors (Lipinski definition) is 4. The predicted molar refractivity (Wildman–Crippen MR) is 66.4 cm³/mol. The van der Waals surface area contributed by atoms with Crippen molar-refractivity contribution in [1.82, 2.24) is 10.0 Å². The molecule has 2 heterocycles. The zero-order chi connectivity index (χ0) is 12.3. The largest absolute Gasteiger partial charge is 0.373 e. The zero-order valence-electron chi connectivity index (χ0n) is 10.3. The summed E-state index contributed by atoms with van der Waals surface area (Å²) in [4.78, 5) is 0. The Morgan fingerprint density at radius 3 is 2.71 bits per heavy atom. The van der Waals surface area contributed by atoms with Gasteiger partial charge in [0.1, 0.15) is 0 Å². The van der Waals surface area contributed by atoms with Gasteiger partial charge in [-0.3, -0.25) is 0 Å². The molecule has 2 fully saturated rings. The average Bonchev–Trinajstić information content (AvgIpc) is 2.85. The Kier molecular flexibility index (Phi) is 4.41. The van der Waals surface area contributed by atoms with Crippen molar-refractivity contribution < 1.29 is 13.2 Å². The smallest absolute Gasteiger partial charge is 0.211 e. The second-order valence-corrected chi connectivity index (χ2v) is 6.84. The van der Waals surface area contributed by atoms with Gasteiger partial charge in [-0.25, -0.2) is 13.1 Å². The van der Waals surface area contributed by atoms with Gasteiger partial charge in [0.05, 0.1) is 24.0 Å². The van der Waals surface area contributed by atoms with E-state index in [9.17, 15) is 8.42 Å². The molecule has 2 saturated heterocycles. The van der Waals surface area contributed by atoms with Gasteiger partial charge in [0.25, 0.3) is 0 Å². The molecule has 6 heteroatoms. The summed E-state index contributed by atoms with van der Waals surface area (Å²) in [6.07, 6.45) is 4.94. The van der Waals surface area contributed by atoms with Gasteiger partial charge in [-0.1, -0.05) is 0 Å². The molecule has 0 aromatic rings. The summed E-state index contributed by atoms with van der Waals surface area (Å²) >= 11 is 0. The lowest BCUT2D eigenvalue weighted by molar-refractivity contribution is 0.0996. The third-order valence-electron chi connectivity index (χ3n) is 3.53. The molecule has 0 saturated carbocycles. The molecule has 0 spiro atoms. The summed E-state index contributed by atoms with van der Waals surface area (Å²) in [6, 6.07) is 0.0167. The van der Waals surface area contributed by atoms with Gasteiger partial charge >= 0.3 is 0 Å². The van der Waals surface area contributed by atoms with Crippen LogP contribution in [0.15, 0.2) is 0 Å². The topological polar surface area (TPSA) is 67.4 Å².